The minimum absolute atomic E-state index is 0.0160. The second kappa shape index (κ2) is 13.7. The van der Waals surface area contributed by atoms with Crippen molar-refractivity contribution >= 4 is 55.1 Å². The molecule has 0 aliphatic rings. The Hall–Kier alpha value is -3.08. The Labute approximate surface area is 255 Å². The van der Waals surface area contributed by atoms with Crippen LogP contribution in [-0.2, 0) is 26.2 Å². The molecule has 0 saturated carbocycles. The van der Waals surface area contributed by atoms with Gasteiger partial charge in [-0.15, -0.1) is 0 Å². The third-order valence-corrected chi connectivity index (χ3v) is 8.58. The normalized spacial score (nSPS) is 12.4. The van der Waals surface area contributed by atoms with Gasteiger partial charge in [0, 0.05) is 21.6 Å². The van der Waals surface area contributed by atoms with E-state index in [1.807, 2.05) is 27.7 Å². The minimum atomic E-state index is -4.18. The van der Waals surface area contributed by atoms with Gasteiger partial charge in [0.15, 0.2) is 0 Å². The molecule has 0 bridgehead atoms. The van der Waals surface area contributed by atoms with Gasteiger partial charge in [-0.25, -0.2) is 8.42 Å². The predicted octanol–water partition coefficient (Wildman–Crippen LogP) is 6.03. The number of benzene rings is 3. The fraction of sp³-hybridized carbons (Fsp3) is 0.333. The number of amides is 2. The zero-order valence-corrected chi connectivity index (χ0v) is 26.9. The first-order chi connectivity index (χ1) is 19.2. The third kappa shape index (κ3) is 8.95. The second-order valence-electron chi connectivity index (χ2n) is 10.5. The number of rotatable bonds is 11. The van der Waals surface area contributed by atoms with Crippen molar-refractivity contribution in [2.24, 2.45) is 0 Å². The maximum absolute atomic E-state index is 14.0. The predicted molar refractivity (Wildman–Crippen MR) is 166 cm³/mol. The van der Waals surface area contributed by atoms with E-state index in [1.165, 1.54) is 17.0 Å². The molecule has 1 N–H and O–H groups in total. The van der Waals surface area contributed by atoms with Gasteiger partial charge < -0.3 is 15.0 Å². The Morgan fingerprint density at radius 1 is 1.02 bits per heavy atom. The van der Waals surface area contributed by atoms with Gasteiger partial charge in [0.1, 0.15) is 18.3 Å². The van der Waals surface area contributed by atoms with Crippen molar-refractivity contribution in [3.63, 3.8) is 0 Å². The van der Waals surface area contributed by atoms with E-state index in [0.29, 0.717) is 27.4 Å². The summed E-state index contributed by atoms with van der Waals surface area (Å²) in [4.78, 5) is 28.6. The lowest BCUT2D eigenvalue weighted by Crippen LogP contribution is -2.54. The van der Waals surface area contributed by atoms with Crippen LogP contribution in [0, 0.1) is 0 Å². The van der Waals surface area contributed by atoms with Crippen LogP contribution in [-0.4, -0.2) is 49.9 Å². The highest BCUT2D eigenvalue weighted by molar-refractivity contribution is 9.10. The summed E-state index contributed by atoms with van der Waals surface area (Å²) in [6.45, 7) is 8.97. The molecule has 0 aliphatic carbocycles. The van der Waals surface area contributed by atoms with Crippen molar-refractivity contribution in [2.45, 2.75) is 57.6 Å². The summed E-state index contributed by atoms with van der Waals surface area (Å²) in [5.41, 5.74) is 0.443. The van der Waals surface area contributed by atoms with Crippen molar-refractivity contribution in [2.75, 3.05) is 17.5 Å². The largest absolute Gasteiger partial charge is 0.494 e. The highest BCUT2D eigenvalue weighted by Gasteiger charge is 2.33. The number of ether oxygens (including phenoxy) is 1. The monoisotopic (exact) mass is 663 g/mol. The number of anilines is 1. The maximum Gasteiger partial charge on any atom is 0.264 e. The van der Waals surface area contributed by atoms with Gasteiger partial charge in [0.05, 0.1) is 17.2 Å². The average Bonchev–Trinajstić information content (AvgIpc) is 2.90. The van der Waals surface area contributed by atoms with Crippen LogP contribution in [0.5, 0.6) is 5.75 Å². The molecule has 0 aromatic heterocycles. The molecule has 11 heteroatoms. The minimum Gasteiger partial charge on any atom is -0.494 e. The van der Waals surface area contributed by atoms with Crippen LogP contribution in [0.1, 0.15) is 40.2 Å². The SMILES string of the molecule is CCOc1ccc(N(CC(=O)N(Cc2cccc(Cl)c2)C(C)C(=O)NC(C)(C)C)S(=O)(=O)c2ccc(Br)cc2)cc1. The van der Waals surface area contributed by atoms with Crippen molar-refractivity contribution in [1.82, 2.24) is 10.2 Å². The molecule has 1 unspecified atom stereocenters. The lowest BCUT2D eigenvalue weighted by atomic mass is 10.1. The molecule has 3 rings (SSSR count). The van der Waals surface area contributed by atoms with Gasteiger partial charge in [-0.05, 0) is 101 Å². The quantitative estimate of drug-likeness (QED) is 0.270. The third-order valence-electron chi connectivity index (χ3n) is 6.02. The van der Waals surface area contributed by atoms with E-state index >= 15 is 0 Å². The van der Waals surface area contributed by atoms with Gasteiger partial charge in [-0.3, -0.25) is 13.9 Å². The molecule has 8 nitrogen and oxygen atoms in total. The zero-order chi connectivity index (χ0) is 30.4. The van der Waals surface area contributed by atoms with E-state index in [0.717, 1.165) is 4.31 Å². The molecule has 0 saturated heterocycles. The summed E-state index contributed by atoms with van der Waals surface area (Å²) in [6.07, 6.45) is 0. The van der Waals surface area contributed by atoms with Crippen molar-refractivity contribution in [3.05, 3.63) is 87.9 Å². The summed E-state index contributed by atoms with van der Waals surface area (Å²) in [6, 6.07) is 18.7. The molecular formula is C30H35BrClN3O5S. The van der Waals surface area contributed by atoms with Crippen LogP contribution >= 0.6 is 27.5 Å². The summed E-state index contributed by atoms with van der Waals surface area (Å²) >= 11 is 9.52. The highest BCUT2D eigenvalue weighted by Crippen LogP contribution is 2.27. The molecule has 2 amide bonds. The Bertz CT molecular complexity index is 1460. The highest BCUT2D eigenvalue weighted by atomic mass is 79.9. The van der Waals surface area contributed by atoms with Crippen LogP contribution in [0.4, 0.5) is 5.69 Å². The fourth-order valence-electron chi connectivity index (χ4n) is 4.03. The standard InChI is InChI=1S/C30H35BrClN3O5S/c1-6-40-26-14-12-25(13-15-26)35(41(38,39)27-16-10-23(31)11-17-27)20-28(36)34(19-22-8-7-9-24(32)18-22)21(2)29(37)33-30(3,4)5/h7-18,21H,6,19-20H2,1-5H3,(H,33,37). The van der Waals surface area contributed by atoms with Crippen LogP contribution in [0.15, 0.2) is 82.2 Å². The number of nitrogens with one attached hydrogen (secondary N) is 1. The first-order valence-electron chi connectivity index (χ1n) is 13.1. The van der Waals surface area contributed by atoms with E-state index in [9.17, 15) is 18.0 Å². The van der Waals surface area contributed by atoms with Crippen LogP contribution in [0.3, 0.4) is 0 Å². The molecule has 3 aromatic rings. The number of carbonyl (C=O) groups is 2. The van der Waals surface area contributed by atoms with E-state index in [2.05, 4.69) is 21.2 Å². The number of carbonyl (C=O) groups excluding carboxylic acids is 2. The summed E-state index contributed by atoms with van der Waals surface area (Å²) in [5.74, 6) is -0.356. The summed E-state index contributed by atoms with van der Waals surface area (Å²) < 4.78 is 35.1. The smallest absolute Gasteiger partial charge is 0.264 e. The van der Waals surface area contributed by atoms with Gasteiger partial charge in [0.2, 0.25) is 11.8 Å². The molecule has 0 radical (unpaired) electrons. The van der Waals surface area contributed by atoms with Crippen LogP contribution in [0.25, 0.3) is 0 Å². The van der Waals surface area contributed by atoms with Gasteiger partial charge in [0.25, 0.3) is 10.0 Å². The Kier molecular flexibility index (Phi) is 10.9. The number of sulfonamides is 1. The van der Waals surface area contributed by atoms with Crippen LogP contribution in [0.2, 0.25) is 5.02 Å². The first-order valence-corrected chi connectivity index (χ1v) is 15.7. The molecule has 3 aromatic carbocycles. The van der Waals surface area contributed by atoms with Crippen molar-refractivity contribution in [1.29, 1.82) is 0 Å². The number of nitrogens with zero attached hydrogens (tertiary/aromatic N) is 2. The second-order valence-corrected chi connectivity index (χ2v) is 13.7. The molecule has 220 valence electrons. The molecule has 41 heavy (non-hydrogen) atoms. The molecule has 0 heterocycles. The molecule has 0 spiro atoms. The van der Waals surface area contributed by atoms with Gasteiger partial charge in [-0.1, -0.05) is 39.7 Å². The molecular weight excluding hydrogens is 630 g/mol. The number of halogens is 2. The lowest BCUT2D eigenvalue weighted by Gasteiger charge is -2.33. The lowest BCUT2D eigenvalue weighted by molar-refractivity contribution is -0.140. The Morgan fingerprint density at radius 2 is 1.66 bits per heavy atom. The Balaban J connectivity index is 2.04. The fourth-order valence-corrected chi connectivity index (χ4v) is 5.92. The average molecular weight is 665 g/mol. The van der Waals surface area contributed by atoms with E-state index < -0.39 is 34.1 Å². The number of hydrogen-bond donors (Lipinski definition) is 1. The van der Waals surface area contributed by atoms with Crippen molar-refractivity contribution in [3.8, 4) is 5.75 Å². The molecule has 1 atom stereocenters. The summed E-state index contributed by atoms with van der Waals surface area (Å²) in [7, 11) is -4.18. The topological polar surface area (TPSA) is 96.0 Å². The zero-order valence-electron chi connectivity index (χ0n) is 23.7. The molecule has 0 aliphatic heterocycles. The Morgan fingerprint density at radius 3 is 2.22 bits per heavy atom. The maximum atomic E-state index is 14.0. The van der Waals surface area contributed by atoms with Crippen molar-refractivity contribution < 1.29 is 22.7 Å². The number of hydrogen-bond acceptors (Lipinski definition) is 5. The molecule has 0 fully saturated rings. The first kappa shape index (κ1) is 32.4. The van der Waals surface area contributed by atoms with E-state index in [1.54, 1.807) is 67.6 Å². The van der Waals surface area contributed by atoms with Gasteiger partial charge >= 0.3 is 0 Å². The van der Waals surface area contributed by atoms with E-state index in [4.69, 9.17) is 16.3 Å². The van der Waals surface area contributed by atoms with Crippen LogP contribution < -0.4 is 14.4 Å². The van der Waals surface area contributed by atoms with E-state index in [-0.39, 0.29) is 23.0 Å². The van der Waals surface area contributed by atoms with Gasteiger partial charge in [-0.2, -0.15) is 0 Å². The summed E-state index contributed by atoms with van der Waals surface area (Å²) in [5, 5.41) is 3.39.